The normalized spacial score (nSPS) is 12.2. The molecule has 0 bridgehead atoms. The summed E-state index contributed by atoms with van der Waals surface area (Å²) in [4.78, 5) is 24.9. The molecule has 0 radical (unpaired) electrons. The van der Waals surface area contributed by atoms with Gasteiger partial charge in [-0.1, -0.05) is 20.8 Å². The van der Waals surface area contributed by atoms with Crippen molar-refractivity contribution in [3.05, 3.63) is 22.4 Å². The molecule has 2 aromatic heterocycles. The minimum atomic E-state index is -0.221. The SMILES string of the molecule is CC(C)(C)c1nc2ncc(=O)[nH]c2[nH]1. The molecule has 2 N–H and O–H groups in total. The van der Waals surface area contributed by atoms with Crippen LogP contribution in [0, 0.1) is 0 Å². The van der Waals surface area contributed by atoms with Crippen molar-refractivity contribution >= 4 is 11.3 Å². The Balaban J connectivity index is 2.69. The summed E-state index contributed by atoms with van der Waals surface area (Å²) in [6.45, 7) is 6.13. The summed E-state index contributed by atoms with van der Waals surface area (Å²) in [5.74, 6) is 0.821. The van der Waals surface area contributed by atoms with E-state index in [2.05, 4.69) is 19.9 Å². The number of H-pyrrole nitrogens is 2. The number of rotatable bonds is 0. The van der Waals surface area contributed by atoms with Gasteiger partial charge in [0.05, 0.1) is 6.20 Å². The van der Waals surface area contributed by atoms with Crippen LogP contribution in [-0.2, 0) is 5.41 Å². The van der Waals surface area contributed by atoms with Crippen molar-refractivity contribution in [2.24, 2.45) is 0 Å². The van der Waals surface area contributed by atoms with Crippen molar-refractivity contribution in [1.82, 2.24) is 19.9 Å². The minimum Gasteiger partial charge on any atom is -0.326 e. The van der Waals surface area contributed by atoms with E-state index in [9.17, 15) is 4.79 Å². The van der Waals surface area contributed by atoms with E-state index in [1.54, 1.807) is 0 Å². The molecule has 0 atom stereocenters. The smallest absolute Gasteiger partial charge is 0.268 e. The van der Waals surface area contributed by atoms with Gasteiger partial charge in [-0.2, -0.15) is 0 Å². The van der Waals surface area contributed by atoms with Crippen LogP contribution in [0.4, 0.5) is 0 Å². The van der Waals surface area contributed by atoms with Gasteiger partial charge in [0.2, 0.25) is 0 Å². The molecule has 14 heavy (non-hydrogen) atoms. The fourth-order valence-electron chi connectivity index (χ4n) is 1.18. The first-order valence-electron chi connectivity index (χ1n) is 4.42. The third kappa shape index (κ3) is 1.41. The molecule has 0 saturated carbocycles. The van der Waals surface area contributed by atoms with E-state index in [-0.39, 0.29) is 11.0 Å². The predicted octanol–water partition coefficient (Wildman–Crippen LogP) is 0.944. The Bertz CT molecular complexity index is 517. The van der Waals surface area contributed by atoms with Gasteiger partial charge in [-0.3, -0.25) is 4.79 Å². The fourth-order valence-corrected chi connectivity index (χ4v) is 1.18. The Labute approximate surface area is 80.6 Å². The average Bonchev–Trinajstić information content (AvgIpc) is 2.45. The highest BCUT2D eigenvalue weighted by Gasteiger charge is 2.18. The molecule has 0 aliphatic carbocycles. The Kier molecular flexibility index (Phi) is 1.70. The highest BCUT2D eigenvalue weighted by molar-refractivity contribution is 5.64. The van der Waals surface area contributed by atoms with Gasteiger partial charge in [0.1, 0.15) is 5.82 Å². The second kappa shape index (κ2) is 2.67. The quantitative estimate of drug-likeness (QED) is 0.652. The van der Waals surface area contributed by atoms with Crippen molar-refractivity contribution in [2.75, 3.05) is 0 Å². The van der Waals surface area contributed by atoms with Crippen LogP contribution in [-0.4, -0.2) is 19.9 Å². The van der Waals surface area contributed by atoms with Gasteiger partial charge in [0.15, 0.2) is 11.3 Å². The molecule has 2 rings (SSSR count). The molecule has 0 saturated heterocycles. The Hall–Kier alpha value is -1.65. The van der Waals surface area contributed by atoms with E-state index >= 15 is 0 Å². The van der Waals surface area contributed by atoms with Gasteiger partial charge in [0, 0.05) is 5.41 Å². The average molecular weight is 192 g/mol. The molecule has 0 aliphatic rings. The minimum absolute atomic E-state index is 0.0718. The summed E-state index contributed by atoms with van der Waals surface area (Å²) < 4.78 is 0. The van der Waals surface area contributed by atoms with Gasteiger partial charge in [-0.15, -0.1) is 0 Å². The number of hydrogen-bond acceptors (Lipinski definition) is 3. The summed E-state index contributed by atoms with van der Waals surface area (Å²) in [6.07, 6.45) is 1.23. The van der Waals surface area contributed by atoms with E-state index in [0.717, 1.165) is 5.82 Å². The Morgan fingerprint density at radius 2 is 2.00 bits per heavy atom. The first-order chi connectivity index (χ1) is 6.47. The highest BCUT2D eigenvalue weighted by atomic mass is 16.1. The number of imidazole rings is 1. The van der Waals surface area contributed by atoms with Crippen molar-refractivity contribution in [3.8, 4) is 0 Å². The zero-order valence-corrected chi connectivity index (χ0v) is 8.38. The van der Waals surface area contributed by atoms with E-state index in [4.69, 9.17) is 0 Å². The topological polar surface area (TPSA) is 74.4 Å². The number of aromatic nitrogens is 4. The maximum absolute atomic E-state index is 11.0. The third-order valence-electron chi connectivity index (χ3n) is 1.95. The fraction of sp³-hybridized carbons (Fsp3) is 0.444. The summed E-state index contributed by atoms with van der Waals surface area (Å²) in [7, 11) is 0. The lowest BCUT2D eigenvalue weighted by molar-refractivity contribution is 0.554. The van der Waals surface area contributed by atoms with Gasteiger partial charge < -0.3 is 9.97 Å². The molecule has 0 aliphatic heterocycles. The van der Waals surface area contributed by atoms with E-state index in [0.29, 0.717) is 11.3 Å². The van der Waals surface area contributed by atoms with Crippen LogP contribution in [0.5, 0.6) is 0 Å². The number of nitrogens with zero attached hydrogens (tertiary/aromatic N) is 2. The second-order valence-corrected chi connectivity index (χ2v) is 4.28. The monoisotopic (exact) mass is 192 g/mol. The lowest BCUT2D eigenvalue weighted by Crippen LogP contribution is -2.13. The molecule has 74 valence electrons. The van der Waals surface area contributed by atoms with Crippen LogP contribution in [0.15, 0.2) is 11.0 Å². The first-order valence-corrected chi connectivity index (χ1v) is 4.42. The maximum atomic E-state index is 11.0. The Morgan fingerprint density at radius 3 is 2.64 bits per heavy atom. The third-order valence-corrected chi connectivity index (χ3v) is 1.95. The van der Waals surface area contributed by atoms with Crippen molar-refractivity contribution in [1.29, 1.82) is 0 Å². The number of hydrogen-bond donors (Lipinski definition) is 2. The van der Waals surface area contributed by atoms with Gasteiger partial charge in [-0.05, 0) is 0 Å². The molecule has 2 aromatic rings. The second-order valence-electron chi connectivity index (χ2n) is 4.28. The van der Waals surface area contributed by atoms with E-state index < -0.39 is 0 Å². The van der Waals surface area contributed by atoms with Crippen LogP contribution in [0.25, 0.3) is 11.3 Å². The summed E-state index contributed by atoms with van der Waals surface area (Å²) in [6, 6.07) is 0. The molecule has 5 nitrogen and oxygen atoms in total. The number of fused-ring (bicyclic) bond motifs is 1. The van der Waals surface area contributed by atoms with E-state index in [1.165, 1.54) is 6.20 Å². The number of nitrogens with one attached hydrogen (secondary N) is 2. The lowest BCUT2D eigenvalue weighted by Gasteiger charge is -2.13. The van der Waals surface area contributed by atoms with Crippen LogP contribution in [0.2, 0.25) is 0 Å². The van der Waals surface area contributed by atoms with Gasteiger partial charge in [0.25, 0.3) is 5.56 Å². The molecule has 0 fully saturated rings. The van der Waals surface area contributed by atoms with E-state index in [1.807, 2.05) is 20.8 Å². The van der Waals surface area contributed by atoms with Crippen molar-refractivity contribution in [2.45, 2.75) is 26.2 Å². The number of aromatic amines is 2. The predicted molar refractivity (Wildman–Crippen MR) is 53.2 cm³/mol. The molecule has 5 heteroatoms. The van der Waals surface area contributed by atoms with Crippen LogP contribution >= 0.6 is 0 Å². The highest BCUT2D eigenvalue weighted by Crippen LogP contribution is 2.19. The molecule has 0 aromatic carbocycles. The van der Waals surface area contributed by atoms with Crippen molar-refractivity contribution < 1.29 is 0 Å². The molecule has 0 amide bonds. The standard InChI is InChI=1S/C9H12N4O/c1-9(2,3)8-12-6-7(13-8)11-5(14)4-10-6/h4H,1-3H3,(H2,10,11,12,13,14). The first kappa shape index (κ1) is 8.93. The summed E-state index contributed by atoms with van der Waals surface area (Å²) in [5.41, 5.74) is 0.843. The lowest BCUT2D eigenvalue weighted by atomic mass is 9.96. The van der Waals surface area contributed by atoms with Gasteiger partial charge >= 0.3 is 0 Å². The molecule has 0 spiro atoms. The van der Waals surface area contributed by atoms with Crippen LogP contribution < -0.4 is 5.56 Å². The molecular formula is C9H12N4O. The zero-order valence-electron chi connectivity index (χ0n) is 8.38. The van der Waals surface area contributed by atoms with Gasteiger partial charge in [-0.25, -0.2) is 9.97 Å². The maximum Gasteiger partial charge on any atom is 0.268 e. The molecule has 2 heterocycles. The molecular weight excluding hydrogens is 180 g/mol. The zero-order chi connectivity index (χ0) is 10.3. The molecule has 0 unspecified atom stereocenters. The van der Waals surface area contributed by atoms with Crippen molar-refractivity contribution in [3.63, 3.8) is 0 Å². The van der Waals surface area contributed by atoms with Crippen LogP contribution in [0.3, 0.4) is 0 Å². The largest absolute Gasteiger partial charge is 0.326 e. The Morgan fingerprint density at radius 1 is 1.29 bits per heavy atom. The summed E-state index contributed by atoms with van der Waals surface area (Å²) in [5, 5.41) is 0. The summed E-state index contributed by atoms with van der Waals surface area (Å²) >= 11 is 0. The van der Waals surface area contributed by atoms with Crippen LogP contribution in [0.1, 0.15) is 26.6 Å².